The lowest BCUT2D eigenvalue weighted by Crippen LogP contribution is -2.02. The number of pyridine rings is 1. The van der Waals surface area contributed by atoms with E-state index in [1.807, 2.05) is 19.9 Å². The molecule has 0 aliphatic heterocycles. The molecular formula is C12H10Cl2N2O2S4. The lowest BCUT2D eigenvalue weighted by molar-refractivity contribution is 0.346. The van der Waals surface area contributed by atoms with Crippen molar-refractivity contribution in [2.24, 2.45) is 0 Å². The van der Waals surface area contributed by atoms with E-state index in [9.17, 15) is 0 Å². The van der Waals surface area contributed by atoms with Crippen LogP contribution in [0, 0.1) is 11.3 Å². The third-order valence-corrected chi connectivity index (χ3v) is 5.53. The molecule has 1 rings (SSSR count). The van der Waals surface area contributed by atoms with Gasteiger partial charge in [-0.25, -0.2) is 4.98 Å². The summed E-state index contributed by atoms with van der Waals surface area (Å²) in [7, 11) is 0. The van der Waals surface area contributed by atoms with Crippen LogP contribution in [0.4, 0.5) is 0 Å². The van der Waals surface area contributed by atoms with E-state index in [0.29, 0.717) is 23.0 Å². The van der Waals surface area contributed by atoms with Gasteiger partial charge in [-0.15, -0.1) is 0 Å². The Labute approximate surface area is 157 Å². The van der Waals surface area contributed by atoms with Crippen LogP contribution in [0.15, 0.2) is 9.79 Å². The zero-order valence-corrected chi connectivity index (χ0v) is 16.3. The predicted octanol–water partition coefficient (Wildman–Crippen LogP) is 5.09. The summed E-state index contributed by atoms with van der Waals surface area (Å²) in [5.74, 6) is 0. The fourth-order valence-corrected chi connectivity index (χ4v) is 4.29. The highest BCUT2D eigenvalue weighted by molar-refractivity contribution is 8.24. The number of thioether (sulfide) groups is 2. The van der Waals surface area contributed by atoms with Crippen LogP contribution in [0.5, 0.6) is 0 Å². The quantitative estimate of drug-likeness (QED) is 0.385. The Kier molecular flexibility index (Phi) is 8.75. The van der Waals surface area contributed by atoms with Crippen LogP contribution >= 0.6 is 71.2 Å². The van der Waals surface area contributed by atoms with E-state index in [1.54, 1.807) is 0 Å². The van der Waals surface area contributed by atoms with Crippen LogP contribution < -0.4 is 0 Å². The number of thiocarbonyl (C=S) groups is 2. The molecule has 0 fully saturated rings. The maximum atomic E-state index is 9.08. The van der Waals surface area contributed by atoms with Crippen LogP contribution in [0.3, 0.4) is 0 Å². The van der Waals surface area contributed by atoms with Crippen LogP contribution in [-0.2, 0) is 9.47 Å². The Balaban J connectivity index is 3.28. The first-order chi connectivity index (χ1) is 10.4. The third-order valence-electron chi connectivity index (χ3n) is 2.01. The van der Waals surface area contributed by atoms with Crippen LogP contribution in [0.25, 0.3) is 0 Å². The summed E-state index contributed by atoms with van der Waals surface area (Å²) in [6, 6.07) is 1.89. The van der Waals surface area contributed by atoms with Gasteiger partial charge in [0.2, 0.25) is 8.77 Å². The molecule has 118 valence electrons. The van der Waals surface area contributed by atoms with E-state index >= 15 is 0 Å². The maximum Gasteiger partial charge on any atom is 0.225 e. The molecule has 0 saturated heterocycles. The Morgan fingerprint density at radius 1 is 1.14 bits per heavy atom. The maximum absolute atomic E-state index is 9.08. The molecule has 22 heavy (non-hydrogen) atoms. The summed E-state index contributed by atoms with van der Waals surface area (Å²) >= 11 is 24.7. The number of nitriles is 1. The van der Waals surface area contributed by atoms with E-state index in [0.717, 1.165) is 23.5 Å². The minimum absolute atomic E-state index is 0.0140. The van der Waals surface area contributed by atoms with E-state index in [2.05, 4.69) is 4.98 Å². The molecule has 0 saturated carbocycles. The van der Waals surface area contributed by atoms with Gasteiger partial charge in [0.15, 0.2) is 5.69 Å². The van der Waals surface area contributed by atoms with E-state index in [4.69, 9.17) is 62.4 Å². The minimum Gasteiger partial charge on any atom is -0.479 e. The van der Waals surface area contributed by atoms with Crippen molar-refractivity contribution in [3.8, 4) is 6.07 Å². The second kappa shape index (κ2) is 9.75. The largest absolute Gasteiger partial charge is 0.479 e. The topological polar surface area (TPSA) is 55.1 Å². The number of nitrogens with zero attached hydrogens (tertiary/aromatic N) is 2. The van der Waals surface area contributed by atoms with Gasteiger partial charge in [0.1, 0.15) is 11.2 Å². The lowest BCUT2D eigenvalue weighted by atomic mass is 10.4. The molecule has 0 radical (unpaired) electrons. The zero-order chi connectivity index (χ0) is 16.7. The van der Waals surface area contributed by atoms with E-state index in [1.165, 1.54) is 0 Å². The average molecular weight is 413 g/mol. The number of halogens is 2. The third kappa shape index (κ3) is 5.41. The summed E-state index contributed by atoms with van der Waals surface area (Å²) in [5, 5.41) is 9.34. The van der Waals surface area contributed by atoms with Crippen molar-refractivity contribution >= 4 is 79.9 Å². The highest BCUT2D eigenvalue weighted by Gasteiger charge is 2.22. The summed E-state index contributed by atoms with van der Waals surface area (Å²) in [6.07, 6.45) is 0. The average Bonchev–Trinajstić information content (AvgIpc) is 2.46. The van der Waals surface area contributed by atoms with Crippen LogP contribution in [-0.4, -0.2) is 27.0 Å². The Morgan fingerprint density at radius 2 is 1.64 bits per heavy atom. The second-order valence-electron chi connectivity index (χ2n) is 3.41. The first kappa shape index (κ1) is 19.7. The molecule has 0 atom stereocenters. The molecule has 0 aliphatic carbocycles. The summed E-state index contributed by atoms with van der Waals surface area (Å²) < 4.78 is 11.0. The van der Waals surface area contributed by atoms with Gasteiger partial charge >= 0.3 is 0 Å². The molecule has 0 N–H and O–H groups in total. The Bertz CT molecular complexity index is 635. The molecule has 0 aromatic carbocycles. The SMILES string of the molecule is CCOC(=S)Sc1c(Cl)nc(C#N)c(Cl)c1SC(=S)OCC. The summed E-state index contributed by atoms with van der Waals surface area (Å²) in [6.45, 7) is 4.49. The smallest absolute Gasteiger partial charge is 0.225 e. The standard InChI is InChI=1S/C12H10Cl2N2O2S4/c1-3-17-11(19)21-8-7(13)6(5-15)16-10(14)9(8)22-12(20)18-4-2/h3-4H2,1-2H3. The number of hydrogen-bond donors (Lipinski definition) is 0. The van der Waals surface area contributed by atoms with Crippen LogP contribution in [0.2, 0.25) is 10.2 Å². The predicted molar refractivity (Wildman–Crippen MR) is 99.1 cm³/mol. The molecule has 1 aromatic rings. The van der Waals surface area contributed by atoms with Gasteiger partial charge in [-0.3, -0.25) is 0 Å². The summed E-state index contributed by atoms with van der Waals surface area (Å²) in [4.78, 5) is 4.92. The molecule has 0 aliphatic rings. The van der Waals surface area contributed by atoms with Gasteiger partial charge in [-0.2, -0.15) is 5.26 Å². The second-order valence-corrected chi connectivity index (χ2v) is 7.37. The van der Waals surface area contributed by atoms with Crippen molar-refractivity contribution in [3.05, 3.63) is 15.9 Å². The molecular weight excluding hydrogens is 403 g/mol. The van der Waals surface area contributed by atoms with Crippen molar-refractivity contribution in [2.75, 3.05) is 13.2 Å². The minimum atomic E-state index is 0.0140. The molecule has 0 unspecified atom stereocenters. The number of ether oxygens (including phenoxy) is 2. The van der Waals surface area contributed by atoms with Gasteiger partial charge in [-0.1, -0.05) is 23.2 Å². The fraction of sp³-hybridized carbons (Fsp3) is 0.333. The number of hydrogen-bond acceptors (Lipinski definition) is 8. The molecule has 4 nitrogen and oxygen atoms in total. The lowest BCUT2D eigenvalue weighted by Gasteiger charge is -2.13. The van der Waals surface area contributed by atoms with Crippen molar-refractivity contribution in [1.29, 1.82) is 5.26 Å². The van der Waals surface area contributed by atoms with Crippen molar-refractivity contribution in [1.82, 2.24) is 4.98 Å². The van der Waals surface area contributed by atoms with Gasteiger partial charge < -0.3 is 9.47 Å². The number of rotatable bonds is 4. The van der Waals surface area contributed by atoms with Crippen molar-refractivity contribution < 1.29 is 9.47 Å². The summed E-state index contributed by atoms with van der Waals surface area (Å²) in [5.41, 5.74) is 0.0140. The Hall–Kier alpha value is -0.300. The molecule has 0 bridgehead atoms. The highest BCUT2D eigenvalue weighted by Crippen LogP contribution is 2.42. The normalized spacial score (nSPS) is 9.95. The highest BCUT2D eigenvalue weighted by atomic mass is 35.5. The first-order valence-corrected chi connectivity index (χ1v) is 9.13. The molecule has 1 aromatic heterocycles. The van der Waals surface area contributed by atoms with Gasteiger partial charge in [0.25, 0.3) is 0 Å². The zero-order valence-electron chi connectivity index (χ0n) is 11.5. The van der Waals surface area contributed by atoms with Crippen molar-refractivity contribution in [2.45, 2.75) is 23.6 Å². The molecule has 10 heteroatoms. The van der Waals surface area contributed by atoms with E-state index in [-0.39, 0.29) is 24.6 Å². The number of aromatic nitrogens is 1. The monoisotopic (exact) mass is 412 g/mol. The first-order valence-electron chi connectivity index (χ1n) is 5.92. The molecule has 0 spiro atoms. The van der Waals surface area contributed by atoms with Gasteiger partial charge in [-0.05, 0) is 61.8 Å². The fourth-order valence-electron chi connectivity index (χ4n) is 1.21. The van der Waals surface area contributed by atoms with Gasteiger partial charge in [0, 0.05) is 0 Å². The van der Waals surface area contributed by atoms with Gasteiger partial charge in [0.05, 0.1) is 28.0 Å². The van der Waals surface area contributed by atoms with Crippen LogP contribution in [0.1, 0.15) is 19.5 Å². The molecule has 1 heterocycles. The van der Waals surface area contributed by atoms with E-state index < -0.39 is 0 Å². The Morgan fingerprint density at radius 3 is 2.09 bits per heavy atom. The van der Waals surface area contributed by atoms with Crippen molar-refractivity contribution in [3.63, 3.8) is 0 Å². The molecule has 0 amide bonds.